The van der Waals surface area contributed by atoms with Gasteiger partial charge in [0, 0.05) is 24.2 Å². The second kappa shape index (κ2) is 9.49. The van der Waals surface area contributed by atoms with E-state index in [0.717, 1.165) is 21.7 Å². The molecule has 1 amide bonds. The van der Waals surface area contributed by atoms with Gasteiger partial charge in [0.2, 0.25) is 5.75 Å². The van der Waals surface area contributed by atoms with Gasteiger partial charge >= 0.3 is 6.18 Å². The van der Waals surface area contributed by atoms with Crippen LogP contribution in [0.25, 0.3) is 0 Å². The molecule has 0 saturated carbocycles. The minimum absolute atomic E-state index is 0.0118. The average molecular weight is 523 g/mol. The Morgan fingerprint density at radius 2 is 1.97 bits per heavy atom. The summed E-state index contributed by atoms with van der Waals surface area (Å²) < 4.78 is 46.6. The van der Waals surface area contributed by atoms with Crippen molar-refractivity contribution in [3.05, 3.63) is 87.1 Å². The van der Waals surface area contributed by atoms with Crippen LogP contribution in [0.5, 0.6) is 5.75 Å². The molecule has 36 heavy (non-hydrogen) atoms. The van der Waals surface area contributed by atoms with Gasteiger partial charge in [-0.05, 0) is 11.6 Å². The maximum atomic E-state index is 13.3. The molecule has 4 rings (SSSR count). The van der Waals surface area contributed by atoms with Gasteiger partial charge in [-0.25, -0.2) is 4.98 Å². The monoisotopic (exact) mass is 522 g/mol. The fourth-order valence-corrected chi connectivity index (χ4v) is 4.01. The smallest absolute Gasteiger partial charge is 0.419 e. The zero-order valence-electron chi connectivity index (χ0n) is 18.7. The van der Waals surface area contributed by atoms with Crippen molar-refractivity contribution in [3.63, 3.8) is 0 Å². The first-order valence-corrected chi connectivity index (χ1v) is 10.7. The summed E-state index contributed by atoms with van der Waals surface area (Å²) in [5.74, 6) is -2.70. The molecular formula is C22H18ClF3N6O4. The Bertz CT molecular complexity index is 1470. The number of carbonyl (C=O) groups is 1. The molecule has 2 atom stereocenters. The zero-order chi connectivity index (χ0) is 26.2. The van der Waals surface area contributed by atoms with Crippen LogP contribution in [0.15, 0.2) is 58.4 Å². The SMILES string of the molecule is C[C@H](c1nc(C(=O)Nc2cnoc2)c(O)c(=O)n1C)[C@H](c1ccccc1Cl)n1cc(C(F)(F)F)cn1. The van der Waals surface area contributed by atoms with Gasteiger partial charge in [0.25, 0.3) is 11.5 Å². The number of nitrogens with zero attached hydrogens (tertiary/aromatic N) is 5. The average Bonchev–Trinajstić information content (AvgIpc) is 3.51. The van der Waals surface area contributed by atoms with Gasteiger partial charge in [-0.3, -0.25) is 18.8 Å². The Balaban J connectivity index is 1.85. The number of anilines is 1. The molecule has 0 saturated heterocycles. The van der Waals surface area contributed by atoms with Crippen LogP contribution in [0.2, 0.25) is 5.02 Å². The predicted octanol–water partition coefficient (Wildman–Crippen LogP) is 3.99. The second-order valence-corrected chi connectivity index (χ2v) is 8.27. The number of nitrogens with one attached hydrogen (secondary N) is 1. The summed E-state index contributed by atoms with van der Waals surface area (Å²) in [4.78, 5) is 29.7. The highest BCUT2D eigenvalue weighted by atomic mass is 35.5. The van der Waals surface area contributed by atoms with Gasteiger partial charge < -0.3 is 14.9 Å². The second-order valence-electron chi connectivity index (χ2n) is 7.86. The molecule has 0 spiro atoms. The van der Waals surface area contributed by atoms with Gasteiger partial charge in [0.05, 0.1) is 24.0 Å². The molecule has 0 radical (unpaired) electrons. The topological polar surface area (TPSA) is 128 Å². The van der Waals surface area contributed by atoms with E-state index >= 15 is 0 Å². The highest BCUT2D eigenvalue weighted by Crippen LogP contribution is 2.38. The van der Waals surface area contributed by atoms with Crippen molar-refractivity contribution < 1.29 is 27.6 Å². The molecule has 3 aromatic heterocycles. The summed E-state index contributed by atoms with van der Waals surface area (Å²) >= 11 is 6.38. The van der Waals surface area contributed by atoms with Crippen LogP contribution in [-0.4, -0.2) is 35.5 Å². The van der Waals surface area contributed by atoms with E-state index in [1.165, 1.54) is 13.2 Å². The molecule has 4 aromatic rings. The van der Waals surface area contributed by atoms with Crippen LogP contribution in [0.1, 0.15) is 46.3 Å². The van der Waals surface area contributed by atoms with Crippen molar-refractivity contribution in [2.24, 2.45) is 7.05 Å². The number of rotatable bonds is 6. The summed E-state index contributed by atoms with van der Waals surface area (Å²) in [5, 5.41) is 20.3. The Morgan fingerprint density at radius 3 is 2.58 bits per heavy atom. The van der Waals surface area contributed by atoms with Gasteiger partial charge in [-0.2, -0.15) is 18.3 Å². The number of amides is 1. The molecule has 14 heteroatoms. The number of benzene rings is 1. The van der Waals surface area contributed by atoms with Crippen molar-refractivity contribution in [2.75, 3.05) is 5.32 Å². The van der Waals surface area contributed by atoms with Gasteiger partial charge in [-0.1, -0.05) is 41.9 Å². The van der Waals surface area contributed by atoms with Crippen molar-refractivity contribution in [3.8, 4) is 5.75 Å². The number of hydrogen-bond acceptors (Lipinski definition) is 7. The van der Waals surface area contributed by atoms with Crippen LogP contribution < -0.4 is 10.9 Å². The number of alkyl halides is 3. The molecule has 0 aliphatic heterocycles. The molecular weight excluding hydrogens is 505 g/mol. The van der Waals surface area contributed by atoms with Crippen molar-refractivity contribution in [2.45, 2.75) is 25.1 Å². The molecule has 1 aromatic carbocycles. The van der Waals surface area contributed by atoms with Gasteiger partial charge in [-0.15, -0.1) is 0 Å². The third-order valence-corrected chi connectivity index (χ3v) is 5.87. The fraction of sp³-hybridized carbons (Fsp3) is 0.227. The van der Waals surface area contributed by atoms with E-state index in [2.05, 4.69) is 25.1 Å². The highest BCUT2D eigenvalue weighted by Gasteiger charge is 2.35. The third kappa shape index (κ3) is 4.69. The Labute approximate surface area is 205 Å². The van der Waals surface area contributed by atoms with Gasteiger partial charge in [0.1, 0.15) is 17.8 Å². The molecule has 0 fully saturated rings. The van der Waals surface area contributed by atoms with Crippen molar-refractivity contribution in [1.29, 1.82) is 0 Å². The minimum Gasteiger partial charge on any atom is -0.501 e. The van der Waals surface area contributed by atoms with E-state index in [9.17, 15) is 27.9 Å². The number of carbonyl (C=O) groups excluding carboxylic acids is 1. The van der Waals surface area contributed by atoms with E-state index < -0.39 is 46.6 Å². The fourth-order valence-electron chi connectivity index (χ4n) is 3.76. The van der Waals surface area contributed by atoms with E-state index in [-0.39, 0.29) is 16.5 Å². The largest absolute Gasteiger partial charge is 0.501 e. The summed E-state index contributed by atoms with van der Waals surface area (Å²) in [5.41, 5.74) is -1.94. The van der Waals surface area contributed by atoms with Crippen LogP contribution in [0.3, 0.4) is 0 Å². The summed E-state index contributed by atoms with van der Waals surface area (Å²) in [6, 6.07) is 5.50. The normalized spacial score (nSPS) is 13.4. The summed E-state index contributed by atoms with van der Waals surface area (Å²) in [7, 11) is 1.32. The minimum atomic E-state index is -4.64. The maximum Gasteiger partial charge on any atom is 0.419 e. The van der Waals surface area contributed by atoms with E-state index in [0.29, 0.717) is 11.8 Å². The first-order valence-electron chi connectivity index (χ1n) is 10.4. The Hall–Kier alpha value is -4.13. The van der Waals surface area contributed by atoms with E-state index in [1.54, 1.807) is 31.2 Å². The number of halogens is 4. The van der Waals surface area contributed by atoms with Crippen molar-refractivity contribution in [1.82, 2.24) is 24.5 Å². The van der Waals surface area contributed by atoms with Crippen LogP contribution in [0, 0.1) is 0 Å². The zero-order valence-corrected chi connectivity index (χ0v) is 19.4. The Kier molecular flexibility index (Phi) is 6.59. The number of aromatic nitrogens is 5. The molecule has 0 bridgehead atoms. The molecule has 3 heterocycles. The predicted molar refractivity (Wildman–Crippen MR) is 121 cm³/mol. The quantitative estimate of drug-likeness (QED) is 0.392. The number of aromatic hydroxyl groups is 1. The van der Waals surface area contributed by atoms with E-state index in [4.69, 9.17) is 11.6 Å². The summed E-state index contributed by atoms with van der Waals surface area (Å²) in [6.45, 7) is 1.59. The lowest BCUT2D eigenvalue weighted by molar-refractivity contribution is -0.137. The molecule has 2 N–H and O–H groups in total. The first-order chi connectivity index (χ1) is 17.0. The molecule has 10 nitrogen and oxygen atoms in total. The molecule has 188 valence electrons. The molecule has 0 unspecified atom stereocenters. The maximum absolute atomic E-state index is 13.3. The molecule has 0 aliphatic rings. The Morgan fingerprint density at radius 1 is 1.25 bits per heavy atom. The lowest BCUT2D eigenvalue weighted by atomic mass is 9.93. The van der Waals surface area contributed by atoms with Crippen LogP contribution in [0.4, 0.5) is 18.9 Å². The van der Waals surface area contributed by atoms with Gasteiger partial charge in [0.15, 0.2) is 5.69 Å². The third-order valence-electron chi connectivity index (χ3n) is 5.53. The number of hydrogen-bond donors (Lipinski definition) is 2. The van der Waals surface area contributed by atoms with Crippen LogP contribution >= 0.6 is 11.6 Å². The lowest BCUT2D eigenvalue weighted by Crippen LogP contribution is -2.30. The first kappa shape index (κ1) is 25.0. The highest BCUT2D eigenvalue weighted by molar-refractivity contribution is 6.31. The van der Waals surface area contributed by atoms with Crippen LogP contribution in [-0.2, 0) is 13.2 Å². The van der Waals surface area contributed by atoms with E-state index in [1.807, 2.05) is 0 Å². The molecule has 0 aliphatic carbocycles. The lowest BCUT2D eigenvalue weighted by Gasteiger charge is -2.27. The summed E-state index contributed by atoms with van der Waals surface area (Å²) in [6.07, 6.45) is -0.810. The van der Waals surface area contributed by atoms with Crippen molar-refractivity contribution >= 4 is 23.2 Å². The standard InChI is InChI=1S/C22H18ClF3N6O4/c1-11(17(14-5-3-4-6-15(14)23)32-9-12(7-27-32)22(24,25)26)19-30-16(18(33)21(35)31(19)2)20(34)29-13-8-28-36-10-13/h3-11,17,33H,1-2H3,(H,29,34)/t11-,17+/m0/s1.